The van der Waals surface area contributed by atoms with Gasteiger partial charge in [-0.1, -0.05) is 18.2 Å². The second-order valence-electron chi connectivity index (χ2n) is 4.53. The molecule has 92 valence electrons. The van der Waals surface area contributed by atoms with Gasteiger partial charge in [0, 0.05) is 13.2 Å². The Morgan fingerprint density at radius 1 is 1.29 bits per heavy atom. The zero-order valence-electron chi connectivity index (χ0n) is 9.86. The van der Waals surface area contributed by atoms with Crippen LogP contribution in [0.5, 0.6) is 0 Å². The lowest BCUT2D eigenvalue weighted by molar-refractivity contribution is -0.120. The maximum atomic E-state index is 11.7. The van der Waals surface area contributed by atoms with Crippen LogP contribution >= 0.6 is 0 Å². The summed E-state index contributed by atoms with van der Waals surface area (Å²) >= 11 is 0. The van der Waals surface area contributed by atoms with Gasteiger partial charge in [0.1, 0.15) is 0 Å². The molecular formula is C12H15NO3S. The van der Waals surface area contributed by atoms with E-state index in [0.29, 0.717) is 10.5 Å². The first-order valence-corrected chi connectivity index (χ1v) is 7.33. The van der Waals surface area contributed by atoms with Crippen LogP contribution in [0.25, 0.3) is 0 Å². The minimum atomic E-state index is -3.26. The highest BCUT2D eigenvalue weighted by molar-refractivity contribution is 7.90. The van der Waals surface area contributed by atoms with E-state index >= 15 is 0 Å². The molecule has 1 aromatic carbocycles. The average molecular weight is 253 g/mol. The molecule has 2 rings (SSSR count). The molecule has 0 heterocycles. The second kappa shape index (κ2) is 3.84. The lowest BCUT2D eigenvalue weighted by Crippen LogP contribution is -2.34. The van der Waals surface area contributed by atoms with Gasteiger partial charge in [-0.05, 0) is 24.5 Å². The highest BCUT2D eigenvalue weighted by Crippen LogP contribution is 2.47. The number of sulfone groups is 1. The van der Waals surface area contributed by atoms with Crippen molar-refractivity contribution in [3.05, 3.63) is 29.8 Å². The average Bonchev–Trinajstić information content (AvgIpc) is 2.97. The van der Waals surface area contributed by atoms with Crippen molar-refractivity contribution in [2.24, 2.45) is 0 Å². The summed E-state index contributed by atoms with van der Waals surface area (Å²) in [5.41, 5.74) is 0.239. The largest absolute Gasteiger partial charge is 0.347 e. The Bertz CT molecular complexity index is 559. The summed E-state index contributed by atoms with van der Waals surface area (Å²) in [4.78, 5) is 11.5. The van der Waals surface area contributed by atoms with Crippen molar-refractivity contribution in [1.82, 2.24) is 5.32 Å². The van der Waals surface area contributed by atoms with Crippen molar-refractivity contribution < 1.29 is 13.2 Å². The summed E-state index contributed by atoms with van der Waals surface area (Å²) in [5, 5.41) is 2.86. The Kier molecular flexibility index (Phi) is 2.73. The van der Waals surface area contributed by atoms with Gasteiger partial charge >= 0.3 is 0 Å². The number of benzene rings is 1. The Morgan fingerprint density at radius 2 is 1.88 bits per heavy atom. The third kappa shape index (κ3) is 2.34. The molecule has 1 aliphatic carbocycles. The van der Waals surface area contributed by atoms with E-state index in [1.165, 1.54) is 13.2 Å². The van der Waals surface area contributed by atoms with E-state index in [4.69, 9.17) is 0 Å². The van der Waals surface area contributed by atoms with E-state index in [0.717, 1.165) is 12.8 Å². The van der Waals surface area contributed by atoms with Crippen LogP contribution in [0.3, 0.4) is 0 Å². The Morgan fingerprint density at radius 3 is 2.35 bits per heavy atom. The minimum absolute atomic E-state index is 0.134. The lowest BCUT2D eigenvalue weighted by atomic mass is 10.0. The van der Waals surface area contributed by atoms with E-state index in [2.05, 4.69) is 5.32 Å². The Labute approximate surface area is 101 Å². The monoisotopic (exact) mass is 253 g/mol. The van der Waals surface area contributed by atoms with Crippen molar-refractivity contribution in [2.75, 3.05) is 6.26 Å². The van der Waals surface area contributed by atoms with Crippen LogP contribution in [0.4, 0.5) is 0 Å². The van der Waals surface area contributed by atoms with Crippen LogP contribution in [0, 0.1) is 0 Å². The van der Waals surface area contributed by atoms with Gasteiger partial charge in [0.05, 0.1) is 10.4 Å². The molecule has 0 aliphatic heterocycles. The summed E-state index contributed by atoms with van der Waals surface area (Å²) in [6.07, 6.45) is 2.77. The SMILES string of the molecule is CC(=O)NC1(c2ccccc2S(C)(=O)=O)CC1. The van der Waals surface area contributed by atoms with Gasteiger partial charge in [-0.25, -0.2) is 8.42 Å². The molecule has 1 amide bonds. The summed E-state index contributed by atoms with van der Waals surface area (Å²) < 4.78 is 23.4. The van der Waals surface area contributed by atoms with Crippen LogP contribution in [0.1, 0.15) is 25.3 Å². The maximum absolute atomic E-state index is 11.7. The van der Waals surface area contributed by atoms with Gasteiger partial charge in [-0.15, -0.1) is 0 Å². The molecule has 1 fully saturated rings. The normalized spacial score (nSPS) is 17.5. The number of rotatable bonds is 3. The van der Waals surface area contributed by atoms with Crippen LogP contribution in [-0.2, 0) is 20.2 Å². The molecule has 0 saturated heterocycles. The molecule has 0 atom stereocenters. The molecule has 0 unspecified atom stereocenters. The first kappa shape index (κ1) is 12.1. The van der Waals surface area contributed by atoms with E-state index in [1.807, 2.05) is 0 Å². The first-order valence-electron chi connectivity index (χ1n) is 5.43. The van der Waals surface area contributed by atoms with Gasteiger partial charge in [0.25, 0.3) is 0 Å². The minimum Gasteiger partial charge on any atom is -0.347 e. The fourth-order valence-corrected chi connectivity index (χ4v) is 3.10. The second-order valence-corrected chi connectivity index (χ2v) is 6.52. The van der Waals surface area contributed by atoms with Crippen molar-refractivity contribution >= 4 is 15.7 Å². The molecule has 0 bridgehead atoms. The molecule has 17 heavy (non-hydrogen) atoms. The molecule has 1 aromatic rings. The zero-order chi connectivity index (χ0) is 12.7. The van der Waals surface area contributed by atoms with Gasteiger partial charge in [-0.2, -0.15) is 0 Å². The summed E-state index contributed by atoms with van der Waals surface area (Å²) in [6, 6.07) is 6.86. The number of carbonyl (C=O) groups is 1. The molecule has 0 aromatic heterocycles. The maximum Gasteiger partial charge on any atom is 0.217 e. The first-order chi connectivity index (χ1) is 7.85. The van der Waals surface area contributed by atoms with Crippen molar-refractivity contribution in [1.29, 1.82) is 0 Å². The molecule has 0 radical (unpaired) electrons. The van der Waals surface area contributed by atoms with Crippen LogP contribution < -0.4 is 5.32 Å². The van der Waals surface area contributed by atoms with Crippen LogP contribution in [0.15, 0.2) is 29.2 Å². The fraction of sp³-hybridized carbons (Fsp3) is 0.417. The Balaban J connectivity index is 2.50. The third-order valence-electron chi connectivity index (χ3n) is 2.97. The molecule has 1 saturated carbocycles. The van der Waals surface area contributed by atoms with Gasteiger partial charge in [0.2, 0.25) is 5.91 Å². The van der Waals surface area contributed by atoms with E-state index < -0.39 is 15.4 Å². The molecule has 5 heteroatoms. The molecule has 4 nitrogen and oxygen atoms in total. The third-order valence-corrected chi connectivity index (χ3v) is 4.12. The topological polar surface area (TPSA) is 63.2 Å². The Hall–Kier alpha value is -1.36. The lowest BCUT2D eigenvalue weighted by Gasteiger charge is -2.19. The summed E-state index contributed by atoms with van der Waals surface area (Å²) in [7, 11) is -3.26. The summed E-state index contributed by atoms with van der Waals surface area (Å²) in [6.45, 7) is 1.45. The van der Waals surface area contributed by atoms with E-state index in [1.54, 1.807) is 24.3 Å². The zero-order valence-corrected chi connectivity index (χ0v) is 10.7. The smallest absolute Gasteiger partial charge is 0.217 e. The van der Waals surface area contributed by atoms with Crippen molar-refractivity contribution in [3.8, 4) is 0 Å². The molecule has 1 N–H and O–H groups in total. The van der Waals surface area contributed by atoms with Crippen molar-refractivity contribution in [3.63, 3.8) is 0 Å². The van der Waals surface area contributed by atoms with Gasteiger partial charge in [0.15, 0.2) is 9.84 Å². The molecule has 1 aliphatic rings. The number of nitrogens with one attached hydrogen (secondary N) is 1. The predicted octanol–water partition coefficient (Wildman–Crippen LogP) is 1.22. The number of hydrogen-bond acceptors (Lipinski definition) is 3. The highest BCUT2D eigenvalue weighted by atomic mass is 32.2. The summed E-state index contributed by atoms with van der Waals surface area (Å²) in [5.74, 6) is -0.134. The predicted molar refractivity (Wildman–Crippen MR) is 64.3 cm³/mol. The fourth-order valence-electron chi connectivity index (χ4n) is 2.11. The van der Waals surface area contributed by atoms with Crippen LogP contribution in [0.2, 0.25) is 0 Å². The van der Waals surface area contributed by atoms with E-state index in [-0.39, 0.29) is 5.91 Å². The van der Waals surface area contributed by atoms with Crippen molar-refractivity contribution in [2.45, 2.75) is 30.2 Å². The highest BCUT2D eigenvalue weighted by Gasteiger charge is 2.47. The standard InChI is InChI=1S/C12H15NO3S/c1-9(14)13-12(7-8-12)10-5-3-4-6-11(10)17(2,15)16/h3-6H,7-8H2,1-2H3,(H,13,14). The van der Waals surface area contributed by atoms with Gasteiger partial charge < -0.3 is 5.32 Å². The van der Waals surface area contributed by atoms with Crippen LogP contribution in [-0.4, -0.2) is 20.6 Å². The number of amides is 1. The van der Waals surface area contributed by atoms with E-state index in [9.17, 15) is 13.2 Å². The quantitative estimate of drug-likeness (QED) is 0.880. The molecular weight excluding hydrogens is 238 g/mol. The molecule has 0 spiro atoms. The number of hydrogen-bond donors (Lipinski definition) is 1. The van der Waals surface area contributed by atoms with Gasteiger partial charge in [-0.3, -0.25) is 4.79 Å². The number of carbonyl (C=O) groups excluding carboxylic acids is 1.